The monoisotopic (exact) mass is 237 g/mol. The molecule has 0 saturated carbocycles. The van der Waals surface area contributed by atoms with Gasteiger partial charge in [0.2, 0.25) is 11.8 Å². The Kier molecular flexibility index (Phi) is 2.67. The molecule has 17 heavy (non-hydrogen) atoms. The van der Waals surface area contributed by atoms with Crippen molar-refractivity contribution >= 4 is 11.8 Å². The van der Waals surface area contributed by atoms with Crippen LogP contribution >= 0.6 is 0 Å². The molecule has 3 aliphatic heterocycles. The van der Waals surface area contributed by atoms with Crippen molar-refractivity contribution in [1.82, 2.24) is 15.1 Å². The molecule has 1 N–H and O–H groups in total. The van der Waals surface area contributed by atoms with Crippen molar-refractivity contribution in [3.05, 3.63) is 0 Å². The molecular formula is C12H19N3O2. The Morgan fingerprint density at radius 1 is 1.06 bits per heavy atom. The molecule has 94 valence electrons. The van der Waals surface area contributed by atoms with Crippen molar-refractivity contribution in [2.45, 2.75) is 18.9 Å². The van der Waals surface area contributed by atoms with E-state index in [1.807, 2.05) is 0 Å². The fraction of sp³-hybridized carbons (Fsp3) is 0.833. The molecule has 0 aromatic heterocycles. The van der Waals surface area contributed by atoms with Crippen LogP contribution in [0.4, 0.5) is 0 Å². The average Bonchev–Trinajstić information content (AvgIpc) is 2.88. The molecule has 0 spiro atoms. The smallest absolute Gasteiger partial charge is 0.234 e. The van der Waals surface area contributed by atoms with Gasteiger partial charge < -0.3 is 5.32 Å². The lowest BCUT2D eigenvalue weighted by molar-refractivity contribution is -0.139. The summed E-state index contributed by atoms with van der Waals surface area (Å²) < 4.78 is 0. The van der Waals surface area contributed by atoms with E-state index in [0.717, 1.165) is 39.0 Å². The minimum absolute atomic E-state index is 0.0245. The van der Waals surface area contributed by atoms with E-state index in [9.17, 15) is 9.59 Å². The number of hydrogen-bond acceptors (Lipinski definition) is 4. The number of imide groups is 1. The Morgan fingerprint density at radius 2 is 1.59 bits per heavy atom. The Balaban J connectivity index is 1.70. The van der Waals surface area contributed by atoms with Crippen molar-refractivity contribution < 1.29 is 9.59 Å². The zero-order chi connectivity index (χ0) is 12.0. The van der Waals surface area contributed by atoms with Crippen molar-refractivity contribution in [3.8, 4) is 0 Å². The molecule has 0 radical (unpaired) electrons. The number of fused-ring (bicyclic) bond motifs is 1. The molecule has 0 bridgehead atoms. The fourth-order valence-corrected chi connectivity index (χ4v) is 3.41. The standard InChI is InChI=1S/C12H19N3O2/c1-14-11(16)9-6-15(7-10(9)12(14)17)8-2-4-13-5-3-8/h8-10,13H,2-7H2,1H3. The van der Waals surface area contributed by atoms with Crippen LogP contribution in [0.3, 0.4) is 0 Å². The molecule has 5 nitrogen and oxygen atoms in total. The maximum Gasteiger partial charge on any atom is 0.234 e. The predicted molar refractivity (Wildman–Crippen MR) is 62.2 cm³/mol. The first-order valence-corrected chi connectivity index (χ1v) is 6.44. The number of nitrogens with zero attached hydrogens (tertiary/aromatic N) is 2. The van der Waals surface area contributed by atoms with Crippen molar-refractivity contribution in [1.29, 1.82) is 0 Å². The molecule has 2 atom stereocenters. The van der Waals surface area contributed by atoms with E-state index in [2.05, 4.69) is 10.2 Å². The maximum atomic E-state index is 11.9. The molecule has 3 fully saturated rings. The molecule has 2 unspecified atom stereocenters. The van der Waals surface area contributed by atoms with Gasteiger partial charge in [0.1, 0.15) is 0 Å². The van der Waals surface area contributed by atoms with E-state index >= 15 is 0 Å². The summed E-state index contributed by atoms with van der Waals surface area (Å²) in [6.45, 7) is 3.67. The summed E-state index contributed by atoms with van der Waals surface area (Å²) in [4.78, 5) is 27.5. The van der Waals surface area contributed by atoms with Gasteiger partial charge >= 0.3 is 0 Å². The van der Waals surface area contributed by atoms with E-state index in [-0.39, 0.29) is 23.7 Å². The lowest BCUT2D eigenvalue weighted by Crippen LogP contribution is -2.44. The summed E-state index contributed by atoms with van der Waals surface area (Å²) >= 11 is 0. The SMILES string of the molecule is CN1C(=O)C2CN(C3CCNCC3)CC2C1=O. The lowest BCUT2D eigenvalue weighted by Gasteiger charge is -2.32. The third-order valence-corrected chi connectivity index (χ3v) is 4.47. The van der Waals surface area contributed by atoms with Crippen LogP contribution in [0.1, 0.15) is 12.8 Å². The van der Waals surface area contributed by atoms with Gasteiger partial charge in [0.15, 0.2) is 0 Å². The van der Waals surface area contributed by atoms with Crippen LogP contribution < -0.4 is 5.32 Å². The minimum atomic E-state index is -0.0672. The Hall–Kier alpha value is -0.940. The molecule has 0 aromatic carbocycles. The van der Waals surface area contributed by atoms with Gasteiger partial charge in [-0.05, 0) is 25.9 Å². The maximum absolute atomic E-state index is 11.9. The first kappa shape index (κ1) is 11.2. The number of piperidine rings is 1. The molecular weight excluding hydrogens is 218 g/mol. The van der Waals surface area contributed by atoms with Crippen LogP contribution in [0.15, 0.2) is 0 Å². The number of carbonyl (C=O) groups excluding carboxylic acids is 2. The van der Waals surface area contributed by atoms with Gasteiger partial charge in [0.05, 0.1) is 11.8 Å². The quantitative estimate of drug-likeness (QED) is 0.612. The van der Waals surface area contributed by atoms with E-state index in [0.29, 0.717) is 6.04 Å². The van der Waals surface area contributed by atoms with E-state index in [4.69, 9.17) is 0 Å². The average molecular weight is 237 g/mol. The highest BCUT2D eigenvalue weighted by molar-refractivity contribution is 6.05. The molecule has 3 heterocycles. The largest absolute Gasteiger partial charge is 0.317 e. The number of nitrogens with one attached hydrogen (secondary N) is 1. The Morgan fingerprint density at radius 3 is 2.12 bits per heavy atom. The molecule has 5 heteroatoms. The second kappa shape index (κ2) is 4.07. The topological polar surface area (TPSA) is 52.7 Å². The Bertz CT molecular complexity index is 328. The Labute approximate surface area is 101 Å². The number of likely N-dealkylation sites (tertiary alicyclic amines) is 2. The lowest BCUT2D eigenvalue weighted by atomic mass is 10.00. The summed E-state index contributed by atoms with van der Waals surface area (Å²) in [5.74, 6) is -0.0855. The first-order chi connectivity index (χ1) is 8.18. The van der Waals surface area contributed by atoms with Crippen molar-refractivity contribution in [2.75, 3.05) is 33.2 Å². The predicted octanol–water partition coefficient (Wildman–Crippen LogP) is -0.715. The second-order valence-electron chi connectivity index (χ2n) is 5.38. The van der Waals surface area contributed by atoms with Crippen LogP contribution in [0.5, 0.6) is 0 Å². The summed E-state index contributed by atoms with van der Waals surface area (Å²) in [5.41, 5.74) is 0. The van der Waals surface area contributed by atoms with Crippen LogP contribution in [-0.2, 0) is 9.59 Å². The zero-order valence-electron chi connectivity index (χ0n) is 10.2. The first-order valence-electron chi connectivity index (χ1n) is 6.44. The molecule has 3 saturated heterocycles. The summed E-state index contributed by atoms with van der Waals surface area (Å²) in [5, 5.41) is 3.34. The minimum Gasteiger partial charge on any atom is -0.317 e. The van der Waals surface area contributed by atoms with Crippen molar-refractivity contribution in [3.63, 3.8) is 0 Å². The molecule has 0 aromatic rings. The van der Waals surface area contributed by atoms with Crippen molar-refractivity contribution in [2.24, 2.45) is 11.8 Å². The van der Waals surface area contributed by atoms with Gasteiger partial charge in [0.25, 0.3) is 0 Å². The van der Waals surface area contributed by atoms with Gasteiger partial charge in [-0.3, -0.25) is 19.4 Å². The summed E-state index contributed by atoms with van der Waals surface area (Å²) in [6, 6.07) is 0.563. The number of hydrogen-bond donors (Lipinski definition) is 1. The second-order valence-corrected chi connectivity index (χ2v) is 5.38. The highest BCUT2D eigenvalue weighted by atomic mass is 16.2. The van der Waals surface area contributed by atoms with E-state index < -0.39 is 0 Å². The molecule has 3 aliphatic rings. The highest BCUT2D eigenvalue weighted by Crippen LogP contribution is 2.34. The number of carbonyl (C=O) groups is 2. The van der Waals surface area contributed by atoms with E-state index in [1.54, 1.807) is 7.05 Å². The third kappa shape index (κ3) is 1.68. The fourth-order valence-electron chi connectivity index (χ4n) is 3.41. The molecule has 0 aliphatic carbocycles. The normalized spacial score (nSPS) is 35.7. The zero-order valence-corrected chi connectivity index (χ0v) is 10.2. The molecule has 2 amide bonds. The van der Waals surface area contributed by atoms with Gasteiger partial charge in [-0.15, -0.1) is 0 Å². The van der Waals surface area contributed by atoms with Gasteiger partial charge in [-0.2, -0.15) is 0 Å². The van der Waals surface area contributed by atoms with Crippen LogP contribution in [0.2, 0.25) is 0 Å². The number of rotatable bonds is 1. The highest BCUT2D eigenvalue weighted by Gasteiger charge is 2.51. The van der Waals surface area contributed by atoms with Crippen LogP contribution in [-0.4, -0.2) is 60.9 Å². The number of amides is 2. The van der Waals surface area contributed by atoms with E-state index in [1.165, 1.54) is 4.90 Å². The van der Waals surface area contributed by atoms with Crippen LogP contribution in [0.25, 0.3) is 0 Å². The molecule has 3 rings (SSSR count). The van der Waals surface area contributed by atoms with Gasteiger partial charge in [0, 0.05) is 26.2 Å². The van der Waals surface area contributed by atoms with Crippen LogP contribution in [0, 0.1) is 11.8 Å². The third-order valence-electron chi connectivity index (χ3n) is 4.47. The summed E-state index contributed by atoms with van der Waals surface area (Å²) in [6.07, 6.45) is 2.27. The van der Waals surface area contributed by atoms with Gasteiger partial charge in [-0.1, -0.05) is 0 Å². The van der Waals surface area contributed by atoms with Gasteiger partial charge in [-0.25, -0.2) is 0 Å². The summed E-state index contributed by atoms with van der Waals surface area (Å²) in [7, 11) is 1.61.